The molecule has 1 saturated carbocycles. The Morgan fingerprint density at radius 1 is 1.26 bits per heavy atom. The largest absolute Gasteiger partial charge is 0.489 e. The Morgan fingerprint density at radius 3 is 2.70 bits per heavy atom. The van der Waals surface area contributed by atoms with Gasteiger partial charge in [-0.25, -0.2) is 0 Å². The summed E-state index contributed by atoms with van der Waals surface area (Å²) in [6.07, 6.45) is 6.12. The molecule has 5 heteroatoms. The second kappa shape index (κ2) is 6.93. The van der Waals surface area contributed by atoms with Gasteiger partial charge in [0.25, 0.3) is 5.56 Å². The zero-order valence-corrected chi connectivity index (χ0v) is 14.3. The predicted octanol–water partition coefficient (Wildman–Crippen LogP) is 3.87. The molecule has 2 aromatic rings. The van der Waals surface area contributed by atoms with E-state index in [9.17, 15) is 4.79 Å². The van der Waals surface area contributed by atoms with Crippen LogP contribution in [-0.4, -0.2) is 23.2 Å². The fourth-order valence-corrected chi connectivity index (χ4v) is 3.49. The van der Waals surface area contributed by atoms with Crippen LogP contribution in [-0.2, 0) is 0 Å². The average Bonchev–Trinajstić information content (AvgIpc) is 2.50. The fraction of sp³-hybridized carbons (Fsp3) is 0.500. The molecule has 0 amide bonds. The van der Waals surface area contributed by atoms with Crippen LogP contribution in [0.1, 0.15) is 39.5 Å². The van der Waals surface area contributed by atoms with Crippen LogP contribution in [0.2, 0.25) is 5.02 Å². The summed E-state index contributed by atoms with van der Waals surface area (Å²) in [5, 5.41) is 5.53. The molecular weight excluding hydrogens is 312 g/mol. The van der Waals surface area contributed by atoms with Gasteiger partial charge in [0.1, 0.15) is 5.75 Å². The van der Waals surface area contributed by atoms with Gasteiger partial charge in [0.05, 0.1) is 11.1 Å². The number of ether oxygens (including phenoxy) is 1. The van der Waals surface area contributed by atoms with Gasteiger partial charge in [-0.3, -0.25) is 4.79 Å². The summed E-state index contributed by atoms with van der Waals surface area (Å²) in [6.45, 7) is 4.36. The number of fused-ring (bicyclic) bond motifs is 1. The summed E-state index contributed by atoms with van der Waals surface area (Å²) < 4.78 is 6.12. The van der Waals surface area contributed by atoms with E-state index in [2.05, 4.69) is 24.1 Å². The highest BCUT2D eigenvalue weighted by molar-refractivity contribution is 6.32. The molecule has 1 fully saturated rings. The summed E-state index contributed by atoms with van der Waals surface area (Å²) in [4.78, 5) is 14.5. The van der Waals surface area contributed by atoms with Gasteiger partial charge in [0.15, 0.2) is 0 Å². The first-order chi connectivity index (χ1) is 11.0. The van der Waals surface area contributed by atoms with Crippen molar-refractivity contribution in [2.45, 2.75) is 57.7 Å². The van der Waals surface area contributed by atoms with Crippen molar-refractivity contribution >= 4 is 22.4 Å². The minimum absolute atomic E-state index is 0.129. The summed E-state index contributed by atoms with van der Waals surface area (Å²) in [6, 6.07) is 6.53. The topological polar surface area (TPSA) is 54.1 Å². The van der Waals surface area contributed by atoms with Gasteiger partial charge < -0.3 is 15.0 Å². The number of aromatic amines is 1. The van der Waals surface area contributed by atoms with Gasteiger partial charge >= 0.3 is 0 Å². The second-order valence-corrected chi connectivity index (χ2v) is 7.00. The van der Waals surface area contributed by atoms with Gasteiger partial charge in [0.2, 0.25) is 0 Å². The molecule has 1 aliphatic carbocycles. The zero-order chi connectivity index (χ0) is 16.4. The van der Waals surface area contributed by atoms with E-state index in [1.54, 1.807) is 12.3 Å². The van der Waals surface area contributed by atoms with E-state index in [0.717, 1.165) is 31.1 Å². The van der Waals surface area contributed by atoms with E-state index in [1.165, 1.54) is 0 Å². The number of hydrogen-bond donors (Lipinski definition) is 2. The van der Waals surface area contributed by atoms with Crippen molar-refractivity contribution in [3.05, 3.63) is 39.8 Å². The first-order valence-electron chi connectivity index (χ1n) is 8.26. The monoisotopic (exact) mass is 334 g/mol. The molecule has 0 spiro atoms. The quantitative estimate of drug-likeness (QED) is 0.892. The molecule has 2 N–H and O–H groups in total. The molecule has 0 radical (unpaired) electrons. The number of halogens is 1. The van der Waals surface area contributed by atoms with Crippen molar-refractivity contribution in [1.82, 2.24) is 10.3 Å². The highest BCUT2D eigenvalue weighted by atomic mass is 35.5. The number of nitrogens with one attached hydrogen (secondary N) is 2. The SMILES string of the molecule is CC(C)NC1CCC(Oc2cc3cc[nH]c(=O)c3cc2Cl)CC1. The molecular formula is C18H23ClN2O2. The molecule has 1 aromatic heterocycles. The van der Waals surface area contributed by atoms with E-state index in [1.807, 2.05) is 12.1 Å². The maximum absolute atomic E-state index is 11.8. The van der Waals surface area contributed by atoms with Crippen molar-refractivity contribution in [3.8, 4) is 5.75 Å². The standard InChI is InChI=1S/C18H23ClN2O2/c1-11(2)21-13-3-5-14(6-4-13)23-17-9-12-7-8-20-18(22)15(12)10-16(17)19/h7-11,13-14,21H,3-6H2,1-2H3,(H,20,22). The maximum Gasteiger partial charge on any atom is 0.255 e. The van der Waals surface area contributed by atoms with Crippen LogP contribution in [0, 0.1) is 0 Å². The summed E-state index contributed by atoms with van der Waals surface area (Å²) in [5.41, 5.74) is -0.129. The maximum atomic E-state index is 11.8. The zero-order valence-electron chi connectivity index (χ0n) is 13.6. The summed E-state index contributed by atoms with van der Waals surface area (Å²) >= 11 is 6.30. The van der Waals surface area contributed by atoms with E-state index in [0.29, 0.717) is 28.2 Å². The first kappa shape index (κ1) is 16.3. The second-order valence-electron chi connectivity index (χ2n) is 6.59. The average molecular weight is 335 g/mol. The summed E-state index contributed by atoms with van der Waals surface area (Å²) in [7, 11) is 0. The van der Waals surface area contributed by atoms with E-state index >= 15 is 0 Å². The van der Waals surface area contributed by atoms with E-state index in [4.69, 9.17) is 16.3 Å². The molecule has 23 heavy (non-hydrogen) atoms. The molecule has 0 bridgehead atoms. The normalized spacial score (nSPS) is 21.7. The van der Waals surface area contributed by atoms with Crippen molar-refractivity contribution in [2.24, 2.45) is 0 Å². The Balaban J connectivity index is 1.70. The fourth-order valence-electron chi connectivity index (χ4n) is 3.28. The van der Waals surface area contributed by atoms with Crippen LogP contribution in [0.15, 0.2) is 29.2 Å². The molecule has 0 saturated heterocycles. The number of rotatable bonds is 4. The Labute approximate surface area is 141 Å². The molecule has 0 aliphatic heterocycles. The third-order valence-electron chi connectivity index (χ3n) is 4.36. The number of benzene rings is 1. The molecule has 0 unspecified atom stereocenters. The number of H-pyrrole nitrogens is 1. The van der Waals surface area contributed by atoms with Crippen LogP contribution in [0.25, 0.3) is 10.8 Å². The molecule has 1 aromatic carbocycles. The van der Waals surface area contributed by atoms with Crippen molar-refractivity contribution < 1.29 is 4.74 Å². The lowest BCUT2D eigenvalue weighted by Gasteiger charge is -2.31. The van der Waals surface area contributed by atoms with Crippen LogP contribution in [0.3, 0.4) is 0 Å². The molecule has 124 valence electrons. The van der Waals surface area contributed by atoms with Gasteiger partial charge in [-0.2, -0.15) is 0 Å². The third kappa shape index (κ3) is 3.88. The predicted molar refractivity (Wildman–Crippen MR) is 94.5 cm³/mol. The lowest BCUT2D eigenvalue weighted by molar-refractivity contribution is 0.138. The van der Waals surface area contributed by atoms with E-state index in [-0.39, 0.29) is 11.7 Å². The van der Waals surface area contributed by atoms with Gasteiger partial charge in [-0.15, -0.1) is 0 Å². The minimum atomic E-state index is -0.129. The van der Waals surface area contributed by atoms with Gasteiger partial charge in [-0.05, 0) is 49.3 Å². The van der Waals surface area contributed by atoms with Crippen molar-refractivity contribution in [3.63, 3.8) is 0 Å². The van der Waals surface area contributed by atoms with Gasteiger partial charge in [-0.1, -0.05) is 25.4 Å². The third-order valence-corrected chi connectivity index (χ3v) is 4.66. The molecule has 1 aliphatic rings. The van der Waals surface area contributed by atoms with Crippen LogP contribution < -0.4 is 15.6 Å². The smallest absolute Gasteiger partial charge is 0.255 e. The molecule has 1 heterocycles. The molecule has 4 nitrogen and oxygen atoms in total. The Kier molecular flexibility index (Phi) is 4.93. The van der Waals surface area contributed by atoms with Gasteiger partial charge in [0, 0.05) is 23.7 Å². The Bertz CT molecular complexity index is 733. The lowest BCUT2D eigenvalue weighted by Crippen LogP contribution is -2.39. The highest BCUT2D eigenvalue weighted by Gasteiger charge is 2.23. The highest BCUT2D eigenvalue weighted by Crippen LogP contribution is 2.32. The first-order valence-corrected chi connectivity index (χ1v) is 8.64. The van der Waals surface area contributed by atoms with Crippen LogP contribution in [0.5, 0.6) is 5.75 Å². The molecule has 0 atom stereocenters. The van der Waals surface area contributed by atoms with Crippen molar-refractivity contribution in [1.29, 1.82) is 0 Å². The van der Waals surface area contributed by atoms with E-state index < -0.39 is 0 Å². The Hall–Kier alpha value is -1.52. The Morgan fingerprint density at radius 2 is 2.00 bits per heavy atom. The number of aromatic nitrogens is 1. The molecule has 3 rings (SSSR count). The van der Waals surface area contributed by atoms with Crippen LogP contribution in [0.4, 0.5) is 0 Å². The lowest BCUT2D eigenvalue weighted by atomic mass is 9.92. The van der Waals surface area contributed by atoms with Crippen molar-refractivity contribution in [2.75, 3.05) is 0 Å². The van der Waals surface area contributed by atoms with Crippen LogP contribution >= 0.6 is 11.6 Å². The number of hydrogen-bond acceptors (Lipinski definition) is 3. The summed E-state index contributed by atoms with van der Waals surface area (Å²) in [5.74, 6) is 0.671. The minimum Gasteiger partial charge on any atom is -0.489 e. The number of pyridine rings is 1.